The van der Waals surface area contributed by atoms with Crippen LogP contribution in [0, 0.1) is 6.92 Å². The molecule has 2 heterocycles. The van der Waals surface area contributed by atoms with E-state index in [1.54, 1.807) is 11.8 Å². The number of nitrogens with one attached hydrogen (secondary N) is 1. The molecule has 1 aromatic heterocycles. The summed E-state index contributed by atoms with van der Waals surface area (Å²) in [5.74, 6) is 0.488. The minimum Gasteiger partial charge on any atom is -0.376 e. The standard InChI is InChI=1S/C23H26N2O2S/c1-17-8-10-18(11-9-17)14-25-15-22(20-6-2-3-7-21(20)25)28-16-23(26)24-13-19-5-4-12-27-19/h2-3,6-11,15,19H,4-5,12-14,16H2,1H3,(H,24,26). The Labute approximate surface area is 170 Å². The van der Waals surface area contributed by atoms with Crippen molar-refractivity contribution in [2.75, 3.05) is 18.9 Å². The van der Waals surface area contributed by atoms with E-state index in [1.165, 1.54) is 22.0 Å². The molecule has 146 valence electrons. The van der Waals surface area contributed by atoms with Gasteiger partial charge in [0.2, 0.25) is 5.91 Å². The van der Waals surface area contributed by atoms with Crippen molar-refractivity contribution in [3.8, 4) is 0 Å². The minimum atomic E-state index is 0.0656. The van der Waals surface area contributed by atoms with Gasteiger partial charge >= 0.3 is 0 Å². The van der Waals surface area contributed by atoms with Crippen molar-refractivity contribution in [1.82, 2.24) is 9.88 Å². The van der Waals surface area contributed by atoms with Crippen molar-refractivity contribution in [3.63, 3.8) is 0 Å². The van der Waals surface area contributed by atoms with Gasteiger partial charge in [-0.3, -0.25) is 4.79 Å². The Kier molecular flexibility index (Phi) is 6.03. The van der Waals surface area contributed by atoms with Gasteiger partial charge in [-0.2, -0.15) is 0 Å². The van der Waals surface area contributed by atoms with E-state index in [9.17, 15) is 4.79 Å². The number of hydrogen-bond donors (Lipinski definition) is 1. The third-order valence-electron chi connectivity index (χ3n) is 5.14. The zero-order chi connectivity index (χ0) is 19.3. The molecule has 0 bridgehead atoms. The minimum absolute atomic E-state index is 0.0656. The van der Waals surface area contributed by atoms with Gasteiger partial charge in [0, 0.05) is 41.7 Å². The molecular formula is C23H26N2O2S. The maximum atomic E-state index is 12.2. The SMILES string of the molecule is Cc1ccc(Cn2cc(SCC(=O)NCC3CCCO3)c3ccccc32)cc1. The molecule has 28 heavy (non-hydrogen) atoms. The molecule has 1 amide bonds. The zero-order valence-corrected chi connectivity index (χ0v) is 17.0. The zero-order valence-electron chi connectivity index (χ0n) is 16.2. The lowest BCUT2D eigenvalue weighted by atomic mass is 10.1. The summed E-state index contributed by atoms with van der Waals surface area (Å²) < 4.78 is 7.84. The molecule has 4 nitrogen and oxygen atoms in total. The van der Waals surface area contributed by atoms with Gasteiger partial charge in [-0.05, 0) is 31.4 Å². The van der Waals surface area contributed by atoms with E-state index in [1.807, 2.05) is 0 Å². The largest absolute Gasteiger partial charge is 0.376 e. The molecule has 0 spiro atoms. The van der Waals surface area contributed by atoms with Crippen LogP contribution < -0.4 is 5.32 Å². The summed E-state index contributed by atoms with van der Waals surface area (Å²) in [6, 6.07) is 17.0. The van der Waals surface area contributed by atoms with Gasteiger partial charge < -0.3 is 14.6 Å². The summed E-state index contributed by atoms with van der Waals surface area (Å²) in [5, 5.41) is 4.20. The Bertz CT molecular complexity index is 943. The first-order valence-electron chi connectivity index (χ1n) is 9.83. The van der Waals surface area contributed by atoms with E-state index in [2.05, 4.69) is 71.5 Å². The summed E-state index contributed by atoms with van der Waals surface area (Å²) in [6.45, 7) is 4.37. The van der Waals surface area contributed by atoms with Crippen LogP contribution in [0.5, 0.6) is 0 Å². The quantitative estimate of drug-likeness (QED) is 0.605. The highest BCUT2D eigenvalue weighted by Gasteiger charge is 2.16. The van der Waals surface area contributed by atoms with Crippen LogP contribution in [0.15, 0.2) is 59.6 Å². The number of thioether (sulfide) groups is 1. The Morgan fingerprint density at radius 1 is 1.21 bits per heavy atom. The predicted octanol–water partition coefficient (Wildman–Crippen LogP) is 4.39. The highest BCUT2D eigenvalue weighted by Crippen LogP contribution is 2.30. The number of rotatable bonds is 7. The molecule has 1 aliphatic heterocycles. The number of fused-ring (bicyclic) bond motifs is 1. The summed E-state index contributed by atoms with van der Waals surface area (Å²) >= 11 is 1.60. The average molecular weight is 395 g/mol. The lowest BCUT2D eigenvalue weighted by Gasteiger charge is -2.10. The Morgan fingerprint density at radius 3 is 2.82 bits per heavy atom. The lowest BCUT2D eigenvalue weighted by Crippen LogP contribution is -2.32. The number of carbonyl (C=O) groups excluding carboxylic acids is 1. The van der Waals surface area contributed by atoms with Crippen LogP contribution in [-0.4, -0.2) is 35.5 Å². The summed E-state index contributed by atoms with van der Waals surface area (Å²) in [6.07, 6.45) is 4.49. The molecule has 1 aliphatic rings. The van der Waals surface area contributed by atoms with E-state index in [0.717, 1.165) is 30.9 Å². The van der Waals surface area contributed by atoms with E-state index < -0.39 is 0 Å². The van der Waals surface area contributed by atoms with Crippen LogP contribution in [-0.2, 0) is 16.1 Å². The molecule has 1 saturated heterocycles. The molecule has 1 unspecified atom stereocenters. The maximum Gasteiger partial charge on any atom is 0.230 e. The summed E-state index contributed by atoms with van der Waals surface area (Å²) in [7, 11) is 0. The van der Waals surface area contributed by atoms with Crippen molar-refractivity contribution in [1.29, 1.82) is 0 Å². The normalized spacial score (nSPS) is 16.5. The molecule has 5 heteroatoms. The number of nitrogens with zero attached hydrogens (tertiary/aromatic N) is 1. The number of aromatic nitrogens is 1. The summed E-state index contributed by atoms with van der Waals surface area (Å²) in [5.41, 5.74) is 3.74. The maximum absolute atomic E-state index is 12.2. The first kappa shape index (κ1) is 19.1. The molecule has 3 aromatic rings. The van der Waals surface area contributed by atoms with Crippen molar-refractivity contribution < 1.29 is 9.53 Å². The van der Waals surface area contributed by atoms with Gasteiger partial charge in [-0.25, -0.2) is 0 Å². The van der Waals surface area contributed by atoms with Gasteiger partial charge in [0.25, 0.3) is 0 Å². The number of para-hydroxylation sites is 1. The molecule has 0 saturated carbocycles. The van der Waals surface area contributed by atoms with Crippen molar-refractivity contribution >= 4 is 28.6 Å². The highest BCUT2D eigenvalue weighted by atomic mass is 32.2. The lowest BCUT2D eigenvalue weighted by molar-refractivity contribution is -0.119. The Hall–Kier alpha value is -2.24. The van der Waals surface area contributed by atoms with Crippen LogP contribution >= 0.6 is 11.8 Å². The molecule has 1 fully saturated rings. The van der Waals surface area contributed by atoms with E-state index in [4.69, 9.17) is 4.74 Å². The average Bonchev–Trinajstić information content (AvgIpc) is 3.35. The Balaban J connectivity index is 1.43. The first-order chi connectivity index (χ1) is 13.7. The number of carbonyl (C=O) groups is 1. The van der Waals surface area contributed by atoms with Crippen molar-refractivity contribution in [2.24, 2.45) is 0 Å². The van der Waals surface area contributed by atoms with Crippen molar-refractivity contribution in [3.05, 3.63) is 65.9 Å². The van der Waals surface area contributed by atoms with Gasteiger partial charge in [0.15, 0.2) is 0 Å². The topological polar surface area (TPSA) is 43.3 Å². The smallest absolute Gasteiger partial charge is 0.230 e. The molecule has 0 radical (unpaired) electrons. The van der Waals surface area contributed by atoms with E-state index in [0.29, 0.717) is 12.3 Å². The van der Waals surface area contributed by atoms with E-state index >= 15 is 0 Å². The first-order valence-corrected chi connectivity index (χ1v) is 10.8. The summed E-state index contributed by atoms with van der Waals surface area (Å²) in [4.78, 5) is 13.4. The number of benzene rings is 2. The van der Waals surface area contributed by atoms with Crippen molar-refractivity contribution in [2.45, 2.75) is 37.3 Å². The van der Waals surface area contributed by atoms with Gasteiger partial charge in [-0.15, -0.1) is 11.8 Å². The molecule has 1 N–H and O–H groups in total. The number of aryl methyl sites for hydroxylation is 1. The Morgan fingerprint density at radius 2 is 2.04 bits per heavy atom. The monoisotopic (exact) mass is 394 g/mol. The second kappa shape index (κ2) is 8.84. The van der Waals surface area contributed by atoms with E-state index in [-0.39, 0.29) is 12.0 Å². The van der Waals surface area contributed by atoms with Crippen LogP contribution in [0.2, 0.25) is 0 Å². The molecule has 4 rings (SSSR count). The van der Waals surface area contributed by atoms with Gasteiger partial charge in [0.1, 0.15) is 0 Å². The van der Waals surface area contributed by atoms with Crippen LogP contribution in [0.3, 0.4) is 0 Å². The number of hydrogen-bond acceptors (Lipinski definition) is 3. The van der Waals surface area contributed by atoms with Crippen LogP contribution in [0.25, 0.3) is 10.9 Å². The molecule has 0 aliphatic carbocycles. The molecular weight excluding hydrogens is 368 g/mol. The number of ether oxygens (including phenoxy) is 1. The van der Waals surface area contributed by atoms with Gasteiger partial charge in [0.05, 0.1) is 11.9 Å². The highest BCUT2D eigenvalue weighted by molar-refractivity contribution is 8.00. The van der Waals surface area contributed by atoms with Crippen LogP contribution in [0.4, 0.5) is 0 Å². The second-order valence-corrected chi connectivity index (χ2v) is 8.37. The number of amides is 1. The third-order valence-corrected chi connectivity index (χ3v) is 6.18. The third kappa shape index (κ3) is 4.59. The second-order valence-electron chi connectivity index (χ2n) is 7.35. The fourth-order valence-electron chi connectivity index (χ4n) is 3.58. The molecule has 2 aromatic carbocycles. The fraction of sp³-hybridized carbons (Fsp3) is 0.348. The van der Waals surface area contributed by atoms with Gasteiger partial charge in [-0.1, -0.05) is 48.0 Å². The fourth-order valence-corrected chi connectivity index (χ4v) is 4.49. The molecule has 1 atom stereocenters. The van der Waals surface area contributed by atoms with Crippen LogP contribution in [0.1, 0.15) is 24.0 Å². The predicted molar refractivity (Wildman–Crippen MR) is 115 cm³/mol.